The third-order valence-corrected chi connectivity index (χ3v) is 7.40. The van der Waals surface area contributed by atoms with Gasteiger partial charge in [-0.2, -0.15) is 0 Å². The summed E-state index contributed by atoms with van der Waals surface area (Å²) in [5, 5.41) is 3.12. The quantitative estimate of drug-likeness (QED) is 0.821. The molecule has 1 atom stereocenters. The fourth-order valence-electron chi connectivity index (χ4n) is 3.51. The molecular formula is C17H24N2O3S2. The van der Waals surface area contributed by atoms with Gasteiger partial charge in [-0.25, -0.2) is 8.42 Å². The number of thioether (sulfide) groups is 1. The van der Waals surface area contributed by atoms with Crippen LogP contribution in [0.15, 0.2) is 29.2 Å². The summed E-state index contributed by atoms with van der Waals surface area (Å²) in [4.78, 5) is 15.8. The van der Waals surface area contributed by atoms with Crippen molar-refractivity contribution in [1.82, 2.24) is 10.2 Å². The molecule has 2 heterocycles. The summed E-state index contributed by atoms with van der Waals surface area (Å²) < 4.78 is 23.2. The smallest absolute Gasteiger partial charge is 0.251 e. The number of carbonyl (C=O) groups is 1. The minimum absolute atomic E-state index is 0.0206. The monoisotopic (exact) mass is 368 g/mol. The normalized spacial score (nSPS) is 24.8. The highest BCUT2D eigenvalue weighted by molar-refractivity contribution is 7.98. The number of hydrogen-bond acceptors (Lipinski definition) is 5. The van der Waals surface area contributed by atoms with Gasteiger partial charge in [-0.3, -0.25) is 9.69 Å². The van der Waals surface area contributed by atoms with Crippen molar-refractivity contribution in [2.24, 2.45) is 0 Å². The van der Waals surface area contributed by atoms with E-state index in [4.69, 9.17) is 0 Å². The number of hydrogen-bond donors (Lipinski definition) is 1. The zero-order valence-electron chi connectivity index (χ0n) is 13.9. The highest BCUT2D eigenvalue weighted by Crippen LogP contribution is 2.22. The largest absolute Gasteiger partial charge is 0.349 e. The maximum Gasteiger partial charge on any atom is 0.251 e. The van der Waals surface area contributed by atoms with Gasteiger partial charge in [0.2, 0.25) is 0 Å². The van der Waals surface area contributed by atoms with E-state index in [9.17, 15) is 13.2 Å². The number of rotatable bonds is 4. The van der Waals surface area contributed by atoms with E-state index in [2.05, 4.69) is 10.2 Å². The lowest BCUT2D eigenvalue weighted by Crippen LogP contribution is -2.48. The first-order valence-electron chi connectivity index (χ1n) is 8.36. The molecule has 2 aliphatic rings. The number of amides is 1. The van der Waals surface area contributed by atoms with E-state index < -0.39 is 9.84 Å². The van der Waals surface area contributed by atoms with Crippen molar-refractivity contribution in [2.75, 3.05) is 30.9 Å². The van der Waals surface area contributed by atoms with Crippen molar-refractivity contribution < 1.29 is 13.2 Å². The molecule has 0 aromatic heterocycles. The summed E-state index contributed by atoms with van der Waals surface area (Å²) >= 11 is 1.62. The van der Waals surface area contributed by atoms with Crippen molar-refractivity contribution in [3.63, 3.8) is 0 Å². The van der Waals surface area contributed by atoms with Gasteiger partial charge in [-0.15, -0.1) is 11.8 Å². The highest BCUT2D eigenvalue weighted by Gasteiger charge is 2.34. The Balaban J connectivity index is 1.51. The second-order valence-electron chi connectivity index (χ2n) is 6.57. The maximum atomic E-state index is 12.4. The first kappa shape index (κ1) is 17.8. The van der Waals surface area contributed by atoms with Crippen molar-refractivity contribution >= 4 is 27.5 Å². The molecule has 0 spiro atoms. The lowest BCUT2D eigenvalue weighted by atomic mass is 10.0. The summed E-state index contributed by atoms with van der Waals surface area (Å²) in [6.45, 7) is 1.71. The van der Waals surface area contributed by atoms with E-state index in [0.717, 1.165) is 37.2 Å². The Morgan fingerprint density at radius 2 is 2.00 bits per heavy atom. The maximum absolute atomic E-state index is 12.4. The van der Waals surface area contributed by atoms with Crippen molar-refractivity contribution in [1.29, 1.82) is 0 Å². The molecule has 2 aliphatic heterocycles. The number of carbonyl (C=O) groups excluding carboxylic acids is 1. The van der Waals surface area contributed by atoms with Crippen LogP contribution in [0.25, 0.3) is 0 Å². The van der Waals surface area contributed by atoms with E-state index in [1.807, 2.05) is 30.5 Å². The average molecular weight is 369 g/mol. The standard InChI is InChI=1S/C17H24N2O3S2/c1-23-16-4-2-3-13(11-16)17(20)18-14-5-8-19(9-6-14)15-7-10-24(21,22)12-15/h2-4,11,14-15H,5-10,12H2,1H3,(H,18,20). The molecule has 3 rings (SSSR count). The summed E-state index contributed by atoms with van der Waals surface area (Å²) in [7, 11) is -2.83. The van der Waals surface area contributed by atoms with Crippen LogP contribution in [0.5, 0.6) is 0 Å². The SMILES string of the molecule is CSc1cccc(C(=O)NC2CCN(C3CCS(=O)(=O)C3)CC2)c1. The van der Waals surface area contributed by atoms with Crippen LogP contribution in [0.3, 0.4) is 0 Å². The molecular weight excluding hydrogens is 344 g/mol. The minimum atomic E-state index is -2.83. The Morgan fingerprint density at radius 1 is 1.25 bits per heavy atom. The Kier molecular flexibility index (Phi) is 5.52. The van der Waals surface area contributed by atoms with Crippen LogP contribution in [0, 0.1) is 0 Å². The molecule has 0 aliphatic carbocycles. The topological polar surface area (TPSA) is 66.5 Å². The lowest BCUT2D eigenvalue weighted by molar-refractivity contribution is 0.0897. The molecule has 0 saturated carbocycles. The van der Waals surface area contributed by atoms with E-state index in [1.165, 1.54) is 0 Å². The summed E-state index contributed by atoms with van der Waals surface area (Å²) in [5.74, 6) is 0.596. The first-order chi connectivity index (χ1) is 11.5. The second-order valence-corrected chi connectivity index (χ2v) is 9.68. The molecule has 0 radical (unpaired) electrons. The molecule has 5 nitrogen and oxygen atoms in total. The molecule has 1 N–H and O–H groups in total. The number of sulfone groups is 1. The van der Waals surface area contributed by atoms with Crippen LogP contribution in [-0.4, -0.2) is 62.2 Å². The average Bonchev–Trinajstić information content (AvgIpc) is 2.95. The van der Waals surface area contributed by atoms with E-state index in [1.54, 1.807) is 11.8 Å². The molecule has 1 aromatic carbocycles. The molecule has 1 amide bonds. The fourth-order valence-corrected chi connectivity index (χ4v) is 5.73. The minimum Gasteiger partial charge on any atom is -0.349 e. The number of piperidine rings is 1. The Hall–Kier alpha value is -1.05. The fraction of sp³-hybridized carbons (Fsp3) is 0.588. The van der Waals surface area contributed by atoms with E-state index in [0.29, 0.717) is 17.1 Å². The lowest BCUT2D eigenvalue weighted by Gasteiger charge is -2.35. The van der Waals surface area contributed by atoms with Crippen LogP contribution in [0.4, 0.5) is 0 Å². The molecule has 2 fully saturated rings. The van der Waals surface area contributed by atoms with Gasteiger partial charge >= 0.3 is 0 Å². The van der Waals surface area contributed by atoms with Gasteiger partial charge in [0, 0.05) is 35.6 Å². The van der Waals surface area contributed by atoms with Gasteiger partial charge < -0.3 is 5.32 Å². The van der Waals surface area contributed by atoms with Crippen LogP contribution in [-0.2, 0) is 9.84 Å². The number of likely N-dealkylation sites (tertiary alicyclic amines) is 1. The zero-order chi connectivity index (χ0) is 17.2. The summed E-state index contributed by atoms with van der Waals surface area (Å²) in [6.07, 6.45) is 4.51. The zero-order valence-corrected chi connectivity index (χ0v) is 15.5. The molecule has 1 unspecified atom stereocenters. The molecule has 7 heteroatoms. The molecule has 0 bridgehead atoms. The third-order valence-electron chi connectivity index (χ3n) is 4.92. The van der Waals surface area contributed by atoms with Gasteiger partial charge in [0.15, 0.2) is 9.84 Å². The molecule has 2 saturated heterocycles. The number of nitrogens with zero attached hydrogens (tertiary/aromatic N) is 1. The summed E-state index contributed by atoms with van der Waals surface area (Å²) in [6, 6.07) is 8.00. The highest BCUT2D eigenvalue weighted by atomic mass is 32.2. The Morgan fingerprint density at radius 3 is 2.62 bits per heavy atom. The van der Waals surface area contributed by atoms with Gasteiger partial charge in [-0.05, 0) is 43.7 Å². The van der Waals surface area contributed by atoms with Gasteiger partial charge in [0.25, 0.3) is 5.91 Å². The van der Waals surface area contributed by atoms with Crippen molar-refractivity contribution in [2.45, 2.75) is 36.2 Å². The van der Waals surface area contributed by atoms with Crippen molar-refractivity contribution in [3.05, 3.63) is 29.8 Å². The Bertz CT molecular complexity index is 698. The number of nitrogens with one attached hydrogen (secondary N) is 1. The van der Waals surface area contributed by atoms with E-state index >= 15 is 0 Å². The van der Waals surface area contributed by atoms with Gasteiger partial charge in [0.05, 0.1) is 11.5 Å². The number of benzene rings is 1. The van der Waals surface area contributed by atoms with Gasteiger partial charge in [0.1, 0.15) is 0 Å². The van der Waals surface area contributed by atoms with E-state index in [-0.39, 0.29) is 18.0 Å². The summed E-state index contributed by atoms with van der Waals surface area (Å²) in [5.41, 5.74) is 0.700. The van der Waals surface area contributed by atoms with Crippen molar-refractivity contribution in [3.8, 4) is 0 Å². The predicted octanol–water partition coefficient (Wildman–Crippen LogP) is 1.79. The van der Waals surface area contributed by atoms with Crippen LogP contribution >= 0.6 is 11.8 Å². The molecule has 24 heavy (non-hydrogen) atoms. The van der Waals surface area contributed by atoms with Crippen LogP contribution < -0.4 is 5.32 Å². The molecule has 132 valence electrons. The van der Waals surface area contributed by atoms with Gasteiger partial charge in [-0.1, -0.05) is 6.07 Å². The predicted molar refractivity (Wildman–Crippen MR) is 97.3 cm³/mol. The second kappa shape index (κ2) is 7.45. The third kappa shape index (κ3) is 4.32. The van der Waals surface area contributed by atoms with Crippen LogP contribution in [0.2, 0.25) is 0 Å². The van der Waals surface area contributed by atoms with Crippen LogP contribution in [0.1, 0.15) is 29.6 Å². The Labute approximate surface area is 148 Å². The first-order valence-corrected chi connectivity index (χ1v) is 11.4. The molecule has 1 aromatic rings.